The lowest BCUT2D eigenvalue weighted by Gasteiger charge is -2.13. The van der Waals surface area contributed by atoms with Crippen molar-refractivity contribution in [2.45, 2.75) is 19.0 Å². The Kier molecular flexibility index (Phi) is 7.12. The molecule has 0 aliphatic rings. The average Bonchev–Trinajstić information content (AvgIpc) is 2.35. The van der Waals surface area contributed by atoms with E-state index in [0.717, 1.165) is 5.56 Å². The van der Waals surface area contributed by atoms with Crippen LogP contribution in [0, 0.1) is 0 Å². The predicted octanol–water partition coefficient (Wildman–Crippen LogP) is 3.19. The molecule has 0 amide bonds. The van der Waals surface area contributed by atoms with Crippen LogP contribution >= 0.6 is 11.6 Å². The second-order valence-corrected chi connectivity index (χ2v) is 4.54. The van der Waals surface area contributed by atoms with Crippen LogP contribution in [0.4, 0.5) is 13.2 Å². The number of hydrogen-bond acceptors (Lipinski definition) is 3. The lowest BCUT2D eigenvalue weighted by atomic mass is 10.1. The molecule has 0 aromatic heterocycles. The van der Waals surface area contributed by atoms with E-state index in [1.54, 1.807) is 12.1 Å². The van der Waals surface area contributed by atoms with Crippen LogP contribution in [-0.4, -0.2) is 32.5 Å². The Balaban J connectivity index is 2.35. The van der Waals surface area contributed by atoms with Crippen molar-refractivity contribution in [1.82, 2.24) is 0 Å². The smallest absolute Gasteiger partial charge is 0.411 e. The molecule has 2 N–H and O–H groups in total. The molecule has 0 spiro atoms. The molecule has 0 heterocycles. The third kappa shape index (κ3) is 6.45. The van der Waals surface area contributed by atoms with Gasteiger partial charge in [-0.1, -0.05) is 23.7 Å². The van der Waals surface area contributed by atoms with E-state index in [4.69, 9.17) is 22.1 Å². The van der Waals surface area contributed by atoms with Crippen LogP contribution in [0.15, 0.2) is 18.2 Å². The highest BCUT2D eigenvalue weighted by atomic mass is 35.5. The highest BCUT2D eigenvalue weighted by Crippen LogP contribution is 2.29. The Morgan fingerprint density at radius 3 is 2.60 bits per heavy atom. The van der Waals surface area contributed by atoms with Gasteiger partial charge in [0, 0.05) is 6.42 Å². The third-order valence-electron chi connectivity index (χ3n) is 2.41. The number of alkyl halides is 3. The Bertz CT molecular complexity index is 413. The first-order valence-corrected chi connectivity index (χ1v) is 6.56. The molecule has 0 saturated heterocycles. The maximum atomic E-state index is 11.8. The summed E-state index contributed by atoms with van der Waals surface area (Å²) >= 11 is 6.02. The number of benzene rings is 1. The van der Waals surface area contributed by atoms with Crippen LogP contribution in [0.3, 0.4) is 0 Å². The average molecular weight is 312 g/mol. The molecule has 0 saturated carbocycles. The maximum absolute atomic E-state index is 11.8. The van der Waals surface area contributed by atoms with Crippen molar-refractivity contribution in [3.63, 3.8) is 0 Å². The van der Waals surface area contributed by atoms with Gasteiger partial charge >= 0.3 is 6.18 Å². The van der Waals surface area contributed by atoms with Gasteiger partial charge in [0.1, 0.15) is 12.4 Å². The topological polar surface area (TPSA) is 44.5 Å². The van der Waals surface area contributed by atoms with E-state index in [9.17, 15) is 13.2 Å². The molecule has 1 rings (SSSR count). The van der Waals surface area contributed by atoms with Crippen LogP contribution in [0.1, 0.15) is 12.0 Å². The molecule has 1 aromatic carbocycles. The van der Waals surface area contributed by atoms with Gasteiger partial charge in [0.25, 0.3) is 0 Å². The fourth-order valence-corrected chi connectivity index (χ4v) is 1.84. The van der Waals surface area contributed by atoms with Gasteiger partial charge in [0.05, 0.1) is 18.2 Å². The molecule has 0 radical (unpaired) electrons. The van der Waals surface area contributed by atoms with Crippen LogP contribution in [0.5, 0.6) is 5.75 Å². The summed E-state index contributed by atoms with van der Waals surface area (Å²) in [4.78, 5) is 0. The minimum atomic E-state index is -4.29. The fraction of sp³-hybridized carbons (Fsp3) is 0.538. The number of hydrogen-bond donors (Lipinski definition) is 1. The van der Waals surface area contributed by atoms with Gasteiger partial charge in [-0.25, -0.2) is 0 Å². The zero-order valence-electron chi connectivity index (χ0n) is 10.9. The Hall–Kier alpha value is -0.980. The quantitative estimate of drug-likeness (QED) is 0.750. The van der Waals surface area contributed by atoms with Crippen molar-refractivity contribution in [2.75, 3.05) is 26.4 Å². The number of nitrogens with two attached hydrogens (primary N) is 1. The van der Waals surface area contributed by atoms with Crippen LogP contribution in [-0.2, 0) is 11.2 Å². The normalized spacial score (nSPS) is 11.7. The molecule has 0 fully saturated rings. The highest BCUT2D eigenvalue weighted by molar-refractivity contribution is 6.32. The lowest BCUT2D eigenvalue weighted by Crippen LogP contribution is -2.18. The molecule has 1 aromatic rings. The zero-order chi connectivity index (χ0) is 15.0. The molecule has 0 aliphatic heterocycles. The summed E-state index contributed by atoms with van der Waals surface area (Å²) in [5.41, 5.74) is 6.37. The standard InChI is InChI=1S/C13H17ClF3NO2/c14-11-4-1-3-10(5-6-18)12(11)20-8-2-7-19-9-13(15,16)17/h1,3-4H,2,5-9,18H2. The summed E-state index contributed by atoms with van der Waals surface area (Å²) < 4.78 is 45.5. The summed E-state index contributed by atoms with van der Waals surface area (Å²) in [6.45, 7) is -0.557. The zero-order valence-corrected chi connectivity index (χ0v) is 11.6. The van der Waals surface area contributed by atoms with Crippen LogP contribution in [0.25, 0.3) is 0 Å². The van der Waals surface area contributed by atoms with Gasteiger partial charge in [-0.3, -0.25) is 0 Å². The molecule has 3 nitrogen and oxygen atoms in total. The SMILES string of the molecule is NCCc1cccc(Cl)c1OCCCOCC(F)(F)F. The molecule has 114 valence electrons. The van der Waals surface area contributed by atoms with Crippen molar-refractivity contribution < 1.29 is 22.6 Å². The monoisotopic (exact) mass is 311 g/mol. The largest absolute Gasteiger partial charge is 0.492 e. The molecule has 0 atom stereocenters. The molecular weight excluding hydrogens is 295 g/mol. The fourth-order valence-electron chi connectivity index (χ4n) is 1.59. The van der Waals surface area contributed by atoms with Crippen molar-refractivity contribution in [3.8, 4) is 5.75 Å². The number of ether oxygens (including phenoxy) is 2. The first-order valence-electron chi connectivity index (χ1n) is 6.19. The number of halogens is 4. The molecule has 0 aliphatic carbocycles. The van der Waals surface area contributed by atoms with Crippen LogP contribution < -0.4 is 10.5 Å². The molecular formula is C13H17ClF3NO2. The summed E-state index contributed by atoms with van der Waals surface area (Å²) in [7, 11) is 0. The van der Waals surface area contributed by atoms with Crippen molar-refractivity contribution in [2.24, 2.45) is 5.73 Å². The van der Waals surface area contributed by atoms with E-state index < -0.39 is 12.8 Å². The molecule has 7 heteroatoms. The van der Waals surface area contributed by atoms with E-state index in [1.807, 2.05) is 6.07 Å². The van der Waals surface area contributed by atoms with Gasteiger partial charge in [0.15, 0.2) is 0 Å². The molecule has 0 bridgehead atoms. The molecule has 0 unspecified atom stereocenters. The predicted molar refractivity (Wildman–Crippen MR) is 71.2 cm³/mol. The lowest BCUT2D eigenvalue weighted by molar-refractivity contribution is -0.174. The Morgan fingerprint density at radius 2 is 1.95 bits per heavy atom. The van der Waals surface area contributed by atoms with Gasteiger partial charge in [-0.15, -0.1) is 0 Å². The minimum Gasteiger partial charge on any atom is -0.492 e. The van der Waals surface area contributed by atoms with Gasteiger partial charge in [0.2, 0.25) is 0 Å². The van der Waals surface area contributed by atoms with E-state index >= 15 is 0 Å². The molecule has 20 heavy (non-hydrogen) atoms. The van der Waals surface area contributed by atoms with Crippen molar-refractivity contribution in [3.05, 3.63) is 28.8 Å². The first-order chi connectivity index (χ1) is 9.44. The minimum absolute atomic E-state index is 0.0177. The third-order valence-corrected chi connectivity index (χ3v) is 2.70. The van der Waals surface area contributed by atoms with E-state index in [-0.39, 0.29) is 13.2 Å². The summed E-state index contributed by atoms with van der Waals surface area (Å²) in [6, 6.07) is 5.35. The first kappa shape index (κ1) is 17.1. The van der Waals surface area contributed by atoms with Gasteiger partial charge < -0.3 is 15.2 Å². The number of rotatable bonds is 8. The van der Waals surface area contributed by atoms with Crippen molar-refractivity contribution >= 4 is 11.6 Å². The summed E-state index contributed by atoms with van der Waals surface area (Å²) in [6.07, 6.45) is -3.32. The number of para-hydroxylation sites is 1. The Labute approximate surface area is 120 Å². The summed E-state index contributed by atoms with van der Waals surface area (Å²) in [5, 5.41) is 0.465. The van der Waals surface area contributed by atoms with Gasteiger partial charge in [-0.2, -0.15) is 13.2 Å². The second kappa shape index (κ2) is 8.34. The van der Waals surface area contributed by atoms with Gasteiger partial charge in [-0.05, 0) is 24.6 Å². The van der Waals surface area contributed by atoms with E-state index in [1.165, 1.54) is 0 Å². The maximum Gasteiger partial charge on any atom is 0.411 e. The summed E-state index contributed by atoms with van der Waals surface area (Å²) in [5.74, 6) is 0.537. The van der Waals surface area contributed by atoms with E-state index in [2.05, 4.69) is 4.74 Å². The second-order valence-electron chi connectivity index (χ2n) is 4.14. The van der Waals surface area contributed by atoms with E-state index in [0.29, 0.717) is 30.2 Å². The highest BCUT2D eigenvalue weighted by Gasteiger charge is 2.27. The van der Waals surface area contributed by atoms with Crippen molar-refractivity contribution in [1.29, 1.82) is 0 Å². The van der Waals surface area contributed by atoms with Crippen LogP contribution in [0.2, 0.25) is 5.02 Å². The Morgan fingerprint density at radius 1 is 1.20 bits per heavy atom.